The Labute approximate surface area is 237 Å². The van der Waals surface area contributed by atoms with E-state index in [9.17, 15) is 19.2 Å². The highest BCUT2D eigenvalue weighted by atomic mass is 19.2. The van der Waals surface area contributed by atoms with E-state index < -0.39 is 47.2 Å². The SMILES string of the molecule is CN1C(=O)Cc2ccc(-c3ccc(C[C@H](NC(=O)C4[C@H]5CC[C@H](C5)N4C(=O)OC(C)(C)C)C(N)=O)c(F)c3F)cc21. The predicted molar refractivity (Wildman–Crippen MR) is 147 cm³/mol. The number of nitrogens with one attached hydrogen (secondary N) is 1. The molecule has 2 aliphatic heterocycles. The lowest BCUT2D eigenvalue weighted by atomic mass is 9.96. The second-order valence-corrected chi connectivity index (χ2v) is 12.1. The number of anilines is 1. The highest BCUT2D eigenvalue weighted by Crippen LogP contribution is 2.43. The number of carbonyl (C=O) groups is 4. The second kappa shape index (κ2) is 10.4. The second-order valence-electron chi connectivity index (χ2n) is 12.1. The maximum Gasteiger partial charge on any atom is 0.411 e. The Morgan fingerprint density at radius 3 is 2.54 bits per heavy atom. The number of piperidine rings is 1. The highest BCUT2D eigenvalue weighted by molar-refractivity contribution is 6.01. The molecule has 1 saturated carbocycles. The molecule has 41 heavy (non-hydrogen) atoms. The van der Waals surface area contributed by atoms with Crippen LogP contribution in [0.15, 0.2) is 30.3 Å². The molecule has 4 atom stereocenters. The van der Waals surface area contributed by atoms with Crippen molar-refractivity contribution in [3.8, 4) is 11.1 Å². The molecule has 3 N–H and O–H groups in total. The number of fused-ring (bicyclic) bond motifs is 3. The summed E-state index contributed by atoms with van der Waals surface area (Å²) in [4.78, 5) is 53.5. The molecule has 5 rings (SSSR count). The molecular weight excluding hydrogens is 534 g/mol. The summed E-state index contributed by atoms with van der Waals surface area (Å²) in [5.41, 5.74) is 6.50. The molecule has 2 aromatic rings. The summed E-state index contributed by atoms with van der Waals surface area (Å²) in [7, 11) is 1.62. The van der Waals surface area contributed by atoms with E-state index in [1.165, 1.54) is 21.9 Å². The Bertz CT molecular complexity index is 1440. The molecule has 1 aliphatic carbocycles. The van der Waals surface area contributed by atoms with Crippen molar-refractivity contribution in [2.75, 3.05) is 11.9 Å². The number of hydrogen-bond donors (Lipinski definition) is 2. The van der Waals surface area contributed by atoms with Crippen molar-refractivity contribution in [2.45, 2.75) is 76.6 Å². The number of halogens is 2. The van der Waals surface area contributed by atoms with E-state index in [1.807, 2.05) is 0 Å². The predicted octanol–water partition coefficient (Wildman–Crippen LogP) is 3.45. The average Bonchev–Trinajstić information content (AvgIpc) is 3.59. The molecule has 0 spiro atoms. The first kappa shape index (κ1) is 28.5. The van der Waals surface area contributed by atoms with Crippen LogP contribution >= 0.6 is 0 Å². The van der Waals surface area contributed by atoms with Gasteiger partial charge in [-0.3, -0.25) is 19.3 Å². The van der Waals surface area contributed by atoms with Crippen molar-refractivity contribution >= 4 is 29.5 Å². The molecule has 2 heterocycles. The number of nitrogens with two attached hydrogens (primary N) is 1. The fraction of sp³-hybridized carbons (Fsp3) is 0.467. The van der Waals surface area contributed by atoms with E-state index >= 15 is 8.78 Å². The molecule has 11 heteroatoms. The van der Waals surface area contributed by atoms with E-state index in [4.69, 9.17) is 10.5 Å². The first-order chi connectivity index (χ1) is 19.2. The zero-order valence-corrected chi connectivity index (χ0v) is 23.5. The third-order valence-corrected chi connectivity index (χ3v) is 8.18. The van der Waals surface area contributed by atoms with Crippen LogP contribution in [0.3, 0.4) is 0 Å². The third-order valence-electron chi connectivity index (χ3n) is 8.18. The van der Waals surface area contributed by atoms with Gasteiger partial charge < -0.3 is 20.7 Å². The van der Waals surface area contributed by atoms with Crippen molar-refractivity contribution in [3.05, 3.63) is 53.1 Å². The van der Waals surface area contributed by atoms with Gasteiger partial charge in [0, 0.05) is 30.8 Å². The van der Waals surface area contributed by atoms with Gasteiger partial charge in [-0.1, -0.05) is 24.3 Å². The lowest BCUT2D eigenvalue weighted by molar-refractivity contribution is -0.132. The number of ether oxygens (including phenoxy) is 1. The summed E-state index contributed by atoms with van der Waals surface area (Å²) in [6, 6.07) is 5.40. The van der Waals surface area contributed by atoms with Crippen LogP contribution in [-0.4, -0.2) is 59.5 Å². The first-order valence-corrected chi connectivity index (χ1v) is 13.7. The normalized spacial score (nSPS) is 22.1. The van der Waals surface area contributed by atoms with Gasteiger partial charge >= 0.3 is 6.09 Å². The van der Waals surface area contributed by atoms with Crippen LogP contribution in [-0.2, 0) is 32.0 Å². The number of rotatable bonds is 6. The van der Waals surface area contributed by atoms with Gasteiger partial charge in [-0.2, -0.15) is 0 Å². The molecule has 0 aromatic heterocycles. The summed E-state index contributed by atoms with van der Waals surface area (Å²) in [6.45, 7) is 5.21. The summed E-state index contributed by atoms with van der Waals surface area (Å²) in [5.74, 6) is -3.97. The number of carbonyl (C=O) groups excluding carboxylic acids is 4. The van der Waals surface area contributed by atoms with Gasteiger partial charge in [-0.05, 0) is 68.7 Å². The van der Waals surface area contributed by atoms with Gasteiger partial charge in [0.25, 0.3) is 0 Å². The Morgan fingerprint density at radius 1 is 1.12 bits per heavy atom. The summed E-state index contributed by atoms with van der Waals surface area (Å²) < 4.78 is 36.1. The van der Waals surface area contributed by atoms with Crippen molar-refractivity contribution in [1.82, 2.24) is 10.2 Å². The Morgan fingerprint density at radius 2 is 1.85 bits per heavy atom. The number of benzene rings is 2. The zero-order chi connectivity index (χ0) is 29.8. The minimum atomic E-state index is -1.33. The van der Waals surface area contributed by atoms with Gasteiger partial charge in [0.15, 0.2) is 11.6 Å². The number of likely N-dealkylation sites (tertiary alicyclic amines) is 1. The molecule has 0 radical (unpaired) electrons. The lowest BCUT2D eigenvalue weighted by Crippen LogP contribution is -2.57. The minimum Gasteiger partial charge on any atom is -0.444 e. The molecule has 4 amide bonds. The molecule has 218 valence electrons. The number of nitrogens with zero attached hydrogens (tertiary/aromatic N) is 2. The molecule has 2 bridgehead atoms. The van der Waals surface area contributed by atoms with Gasteiger partial charge in [-0.25, -0.2) is 13.6 Å². The molecule has 1 saturated heterocycles. The molecule has 2 aromatic carbocycles. The molecule has 3 aliphatic rings. The van der Waals surface area contributed by atoms with Crippen LogP contribution in [0.4, 0.5) is 19.3 Å². The smallest absolute Gasteiger partial charge is 0.411 e. The Balaban J connectivity index is 1.34. The number of amides is 4. The van der Waals surface area contributed by atoms with E-state index in [-0.39, 0.29) is 41.8 Å². The lowest BCUT2D eigenvalue weighted by Gasteiger charge is -2.36. The van der Waals surface area contributed by atoms with Crippen LogP contribution in [0.25, 0.3) is 11.1 Å². The molecule has 1 unspecified atom stereocenters. The maximum atomic E-state index is 15.3. The third kappa shape index (κ3) is 5.37. The monoisotopic (exact) mass is 568 g/mol. The van der Waals surface area contributed by atoms with Crippen molar-refractivity contribution in [2.24, 2.45) is 11.7 Å². The van der Waals surface area contributed by atoms with Crippen molar-refractivity contribution in [3.63, 3.8) is 0 Å². The number of hydrogen-bond acceptors (Lipinski definition) is 5. The number of likely N-dealkylation sites (N-methyl/N-ethyl adjacent to an activating group) is 1. The number of primary amides is 1. The van der Waals surface area contributed by atoms with Gasteiger partial charge in [-0.15, -0.1) is 0 Å². The Kier molecular flexibility index (Phi) is 7.25. The molecule has 9 nitrogen and oxygen atoms in total. The summed E-state index contributed by atoms with van der Waals surface area (Å²) in [6.07, 6.45) is 1.41. The van der Waals surface area contributed by atoms with Gasteiger partial charge in [0.1, 0.15) is 17.7 Å². The summed E-state index contributed by atoms with van der Waals surface area (Å²) >= 11 is 0. The van der Waals surface area contributed by atoms with E-state index in [0.29, 0.717) is 17.7 Å². The highest BCUT2D eigenvalue weighted by Gasteiger charge is 2.52. The van der Waals surface area contributed by atoms with Crippen LogP contribution in [0.2, 0.25) is 0 Å². The first-order valence-electron chi connectivity index (χ1n) is 13.7. The quantitative estimate of drug-likeness (QED) is 0.553. The Hall–Kier alpha value is -4.02. The van der Waals surface area contributed by atoms with Crippen LogP contribution in [0.5, 0.6) is 0 Å². The van der Waals surface area contributed by atoms with E-state index in [1.54, 1.807) is 46.0 Å². The topological polar surface area (TPSA) is 122 Å². The van der Waals surface area contributed by atoms with Crippen LogP contribution in [0, 0.1) is 17.6 Å². The average molecular weight is 569 g/mol. The zero-order valence-electron chi connectivity index (χ0n) is 23.5. The maximum absolute atomic E-state index is 15.3. The van der Waals surface area contributed by atoms with E-state index in [2.05, 4.69) is 5.32 Å². The van der Waals surface area contributed by atoms with Gasteiger partial charge in [0.05, 0.1) is 6.42 Å². The fourth-order valence-corrected chi connectivity index (χ4v) is 6.18. The van der Waals surface area contributed by atoms with Crippen LogP contribution < -0.4 is 16.0 Å². The fourth-order valence-electron chi connectivity index (χ4n) is 6.18. The van der Waals surface area contributed by atoms with E-state index in [0.717, 1.165) is 18.4 Å². The summed E-state index contributed by atoms with van der Waals surface area (Å²) in [5, 5.41) is 2.58. The largest absolute Gasteiger partial charge is 0.444 e. The van der Waals surface area contributed by atoms with Gasteiger partial charge in [0.2, 0.25) is 17.7 Å². The van der Waals surface area contributed by atoms with Crippen molar-refractivity contribution in [1.29, 1.82) is 0 Å². The molecule has 2 fully saturated rings. The standard InChI is InChI=1S/C30H34F2N4O5/c1-30(2,3)41-29(40)36-19-9-7-18(11-19)26(36)28(39)34-21(27(33)38)12-17-8-10-20(25(32)24(17)31)15-5-6-16-14-23(37)35(4)22(16)13-15/h5-6,8,10,13,18-19,21,26H,7,9,11-12,14H2,1-4H3,(H2,33,38)(H,34,39)/t18-,19+,21-,26?/m0/s1. The molecular formula is C30H34F2N4O5. The van der Waals surface area contributed by atoms with Crippen molar-refractivity contribution < 1.29 is 32.7 Å². The minimum absolute atomic E-state index is 0.00329. The van der Waals surface area contributed by atoms with Crippen LogP contribution in [0.1, 0.15) is 51.2 Å².